The molecule has 0 aliphatic heterocycles. The molecule has 0 aliphatic carbocycles. The maximum atomic E-state index is 14.6. The van der Waals surface area contributed by atoms with Gasteiger partial charge >= 0.3 is 0 Å². The highest BCUT2D eigenvalue weighted by atomic mass is 127. The normalized spacial score (nSPS) is 11.2. The van der Waals surface area contributed by atoms with E-state index in [9.17, 15) is 26.3 Å². The minimum Gasteiger partial charge on any atom is -0.424 e. The predicted octanol–water partition coefficient (Wildman–Crippen LogP) is 7.77. The van der Waals surface area contributed by atoms with Crippen LogP contribution in [0, 0.1) is 34.9 Å². The molecule has 0 radical (unpaired) electrons. The number of benzene rings is 3. The van der Waals surface area contributed by atoms with Gasteiger partial charge in [0.2, 0.25) is 5.82 Å². The number of rotatable bonds is 9. The molecule has 0 aliphatic rings. The first kappa shape index (κ1) is 25.4. The van der Waals surface area contributed by atoms with Gasteiger partial charge in [0.1, 0.15) is 0 Å². The highest BCUT2D eigenvalue weighted by molar-refractivity contribution is 14.1. The summed E-state index contributed by atoms with van der Waals surface area (Å²) in [5.41, 5.74) is 0.416. The van der Waals surface area contributed by atoms with Gasteiger partial charge in [-0.1, -0.05) is 43.7 Å². The molecule has 33 heavy (non-hydrogen) atoms. The smallest absolute Gasteiger partial charge is 0.202 e. The van der Waals surface area contributed by atoms with E-state index >= 15 is 0 Å². The molecule has 0 N–H and O–H groups in total. The van der Waals surface area contributed by atoms with Crippen molar-refractivity contribution < 1.29 is 29.4 Å². The summed E-state index contributed by atoms with van der Waals surface area (Å²) >= 11 is 1.43. The summed E-state index contributed by atoms with van der Waals surface area (Å²) in [7, 11) is 0. The third kappa shape index (κ3) is 5.65. The third-order valence-corrected chi connectivity index (χ3v) is 6.02. The van der Waals surface area contributed by atoms with E-state index in [1.807, 2.05) is 6.92 Å². The van der Waals surface area contributed by atoms with E-state index < -0.39 is 34.9 Å². The van der Waals surface area contributed by atoms with Gasteiger partial charge in [0.05, 0.1) is 0 Å². The molecular weight excluding hydrogens is 557 g/mol. The molecule has 0 heterocycles. The molecule has 3 aromatic rings. The Kier molecular flexibility index (Phi) is 8.67. The van der Waals surface area contributed by atoms with Crippen molar-refractivity contribution in [2.75, 3.05) is 0 Å². The fourth-order valence-electron chi connectivity index (χ4n) is 3.66. The zero-order chi connectivity index (χ0) is 24.1. The van der Waals surface area contributed by atoms with E-state index in [0.717, 1.165) is 0 Å². The first-order valence-corrected chi connectivity index (χ1v) is 11.3. The average Bonchev–Trinajstić information content (AvgIpc) is 2.81. The quantitative estimate of drug-likeness (QED) is 0.186. The van der Waals surface area contributed by atoms with Crippen LogP contribution in [0.3, 0.4) is 0 Å². The standard InChI is InChI=1S/C25H21F6IO/c1-2-3-14-4-5-15(21(27)20(14)26)6-7-16-8-9-17(23(29)22(16)28)10-11-18-12-13-19(33-32)25(31)24(18)30/h4-5,8-9,12-13H,2-3,6-7,10-11H2,1H3. The van der Waals surface area contributed by atoms with Crippen LogP contribution in [0.25, 0.3) is 0 Å². The minimum atomic E-state index is -1.14. The lowest BCUT2D eigenvalue weighted by Crippen LogP contribution is -2.05. The first-order valence-electron chi connectivity index (χ1n) is 10.4. The Morgan fingerprint density at radius 2 is 0.818 bits per heavy atom. The van der Waals surface area contributed by atoms with Crippen molar-refractivity contribution >= 4 is 23.0 Å². The van der Waals surface area contributed by atoms with Crippen LogP contribution in [0.4, 0.5) is 26.3 Å². The molecule has 0 saturated heterocycles. The van der Waals surface area contributed by atoms with Gasteiger partial charge in [-0.05, 0) is 66.0 Å². The second-order valence-electron chi connectivity index (χ2n) is 7.70. The van der Waals surface area contributed by atoms with Crippen LogP contribution in [-0.2, 0) is 32.1 Å². The van der Waals surface area contributed by atoms with Crippen molar-refractivity contribution in [3.63, 3.8) is 0 Å². The fraction of sp³-hybridized carbons (Fsp3) is 0.280. The van der Waals surface area contributed by atoms with Gasteiger partial charge in [-0.15, -0.1) is 0 Å². The van der Waals surface area contributed by atoms with E-state index in [0.29, 0.717) is 12.8 Å². The van der Waals surface area contributed by atoms with Crippen LogP contribution in [-0.4, -0.2) is 0 Å². The monoisotopic (exact) mass is 578 g/mol. The molecule has 1 nitrogen and oxygen atoms in total. The molecule has 176 valence electrons. The number of halogens is 7. The summed E-state index contributed by atoms with van der Waals surface area (Å²) in [6, 6.07) is 8.31. The number of hydrogen-bond acceptors (Lipinski definition) is 1. The second kappa shape index (κ2) is 11.3. The van der Waals surface area contributed by atoms with E-state index in [-0.39, 0.29) is 59.3 Å². The van der Waals surface area contributed by atoms with Crippen molar-refractivity contribution in [2.45, 2.75) is 45.4 Å². The van der Waals surface area contributed by atoms with Gasteiger partial charge in [0.15, 0.2) is 57.8 Å². The molecule has 0 saturated carbocycles. The minimum absolute atomic E-state index is 0.000580. The SMILES string of the molecule is CCCc1ccc(CCc2ccc(CCc3ccc(OI)c(F)c3F)c(F)c2F)c(F)c1F. The molecule has 0 amide bonds. The first-order chi connectivity index (χ1) is 15.8. The fourth-order valence-corrected chi connectivity index (χ4v) is 4.00. The van der Waals surface area contributed by atoms with Crippen LogP contribution in [0.1, 0.15) is 41.2 Å². The van der Waals surface area contributed by atoms with E-state index in [2.05, 4.69) is 3.07 Å². The lowest BCUT2D eigenvalue weighted by Gasteiger charge is -2.11. The summed E-state index contributed by atoms with van der Waals surface area (Å²) < 4.78 is 90.2. The third-order valence-electron chi connectivity index (χ3n) is 5.54. The molecule has 8 heteroatoms. The molecule has 3 aromatic carbocycles. The highest BCUT2D eigenvalue weighted by Gasteiger charge is 2.18. The van der Waals surface area contributed by atoms with Crippen molar-refractivity contribution in [3.8, 4) is 5.75 Å². The predicted molar refractivity (Wildman–Crippen MR) is 123 cm³/mol. The summed E-state index contributed by atoms with van der Waals surface area (Å²) in [6.45, 7) is 1.86. The van der Waals surface area contributed by atoms with Gasteiger partial charge in [-0.3, -0.25) is 0 Å². The molecule has 0 atom stereocenters. The molecular formula is C25H21F6IO. The van der Waals surface area contributed by atoms with E-state index in [4.69, 9.17) is 0 Å². The van der Waals surface area contributed by atoms with Crippen LogP contribution in [0.5, 0.6) is 5.75 Å². The van der Waals surface area contributed by atoms with Crippen LogP contribution >= 0.6 is 23.0 Å². The Hall–Kier alpha value is -2.23. The number of hydrogen-bond donors (Lipinski definition) is 0. The average molecular weight is 578 g/mol. The molecule has 0 bridgehead atoms. The van der Waals surface area contributed by atoms with Gasteiger partial charge in [0.25, 0.3) is 0 Å². The maximum absolute atomic E-state index is 14.6. The molecule has 3 rings (SSSR count). The zero-order valence-electron chi connectivity index (χ0n) is 17.8. The van der Waals surface area contributed by atoms with Crippen LogP contribution < -0.4 is 3.07 Å². The lowest BCUT2D eigenvalue weighted by atomic mass is 9.97. The van der Waals surface area contributed by atoms with Gasteiger partial charge < -0.3 is 3.07 Å². The topological polar surface area (TPSA) is 9.23 Å². The summed E-state index contributed by atoms with van der Waals surface area (Å²) in [5, 5.41) is 0. The van der Waals surface area contributed by atoms with Crippen molar-refractivity contribution in [3.05, 3.63) is 99.1 Å². The van der Waals surface area contributed by atoms with E-state index in [1.165, 1.54) is 59.4 Å². The van der Waals surface area contributed by atoms with Crippen molar-refractivity contribution in [1.82, 2.24) is 0 Å². The summed E-state index contributed by atoms with van der Waals surface area (Å²) in [4.78, 5) is 0. The van der Waals surface area contributed by atoms with E-state index in [1.54, 1.807) is 0 Å². The molecule has 0 aromatic heterocycles. The maximum Gasteiger partial charge on any atom is 0.202 e. The Bertz CT molecular complexity index is 1150. The van der Waals surface area contributed by atoms with Gasteiger partial charge in [-0.25, -0.2) is 22.0 Å². The van der Waals surface area contributed by atoms with Gasteiger partial charge in [0, 0.05) is 0 Å². The summed E-state index contributed by atoms with van der Waals surface area (Å²) in [5.74, 6) is -6.54. The van der Waals surface area contributed by atoms with Crippen LogP contribution in [0.15, 0.2) is 36.4 Å². The molecule has 0 spiro atoms. The zero-order valence-corrected chi connectivity index (χ0v) is 19.9. The lowest BCUT2D eigenvalue weighted by molar-refractivity contribution is 0.471. The molecule has 0 unspecified atom stereocenters. The Balaban J connectivity index is 1.71. The van der Waals surface area contributed by atoms with Crippen molar-refractivity contribution in [2.24, 2.45) is 0 Å². The Labute approximate surface area is 202 Å². The van der Waals surface area contributed by atoms with Crippen LogP contribution in [0.2, 0.25) is 0 Å². The molecule has 0 fully saturated rings. The summed E-state index contributed by atoms with van der Waals surface area (Å²) in [6.07, 6.45) is 0.963. The Morgan fingerprint density at radius 1 is 0.515 bits per heavy atom. The number of aryl methyl sites for hydroxylation is 5. The van der Waals surface area contributed by atoms with Gasteiger partial charge in [-0.2, -0.15) is 4.39 Å². The Morgan fingerprint density at radius 3 is 1.15 bits per heavy atom. The van der Waals surface area contributed by atoms with Crippen molar-refractivity contribution in [1.29, 1.82) is 0 Å². The second-order valence-corrected chi connectivity index (χ2v) is 8.14. The largest absolute Gasteiger partial charge is 0.424 e. The highest BCUT2D eigenvalue weighted by Crippen LogP contribution is 2.26.